The quantitative estimate of drug-likeness (QED) is 0.927. The maximum absolute atomic E-state index is 12.3. The number of hydrogen-bond donors (Lipinski definition) is 1. The van der Waals surface area contributed by atoms with Gasteiger partial charge in [-0.2, -0.15) is 0 Å². The van der Waals surface area contributed by atoms with Crippen molar-refractivity contribution in [2.24, 2.45) is 0 Å². The highest BCUT2D eigenvalue weighted by atomic mass is 35.5. The Morgan fingerprint density at radius 2 is 2.19 bits per heavy atom. The molecule has 0 saturated heterocycles. The standard InChI is InChI=1S/C13H15ClN4O2S/c1-9-7-10(14)4-5-11(9)21(19,20)15-8-13-17-16-12-3-2-6-18(12)13/h4-5,7,15H,2-3,6,8H2,1H3. The van der Waals surface area contributed by atoms with Crippen LogP contribution in [0.25, 0.3) is 0 Å². The number of sulfonamides is 1. The van der Waals surface area contributed by atoms with Gasteiger partial charge < -0.3 is 4.57 Å². The van der Waals surface area contributed by atoms with Crippen molar-refractivity contribution in [3.8, 4) is 0 Å². The normalized spacial score (nSPS) is 14.4. The van der Waals surface area contributed by atoms with Gasteiger partial charge in [-0.1, -0.05) is 11.6 Å². The molecule has 8 heteroatoms. The van der Waals surface area contributed by atoms with E-state index in [9.17, 15) is 8.42 Å². The molecule has 6 nitrogen and oxygen atoms in total. The Bertz CT molecular complexity index is 785. The third kappa shape index (κ3) is 2.81. The van der Waals surface area contributed by atoms with Crippen molar-refractivity contribution in [1.82, 2.24) is 19.5 Å². The summed E-state index contributed by atoms with van der Waals surface area (Å²) in [5.41, 5.74) is 0.612. The number of fused-ring (bicyclic) bond motifs is 1. The molecule has 2 aromatic rings. The zero-order chi connectivity index (χ0) is 15.0. The van der Waals surface area contributed by atoms with Crippen LogP contribution < -0.4 is 4.72 Å². The predicted molar refractivity (Wildman–Crippen MR) is 78.6 cm³/mol. The van der Waals surface area contributed by atoms with Gasteiger partial charge in [0.05, 0.1) is 11.4 Å². The monoisotopic (exact) mass is 326 g/mol. The van der Waals surface area contributed by atoms with E-state index in [0.717, 1.165) is 25.2 Å². The topological polar surface area (TPSA) is 76.9 Å². The van der Waals surface area contributed by atoms with Gasteiger partial charge >= 0.3 is 0 Å². The van der Waals surface area contributed by atoms with Gasteiger partial charge in [-0.25, -0.2) is 13.1 Å². The highest BCUT2D eigenvalue weighted by Crippen LogP contribution is 2.20. The highest BCUT2D eigenvalue weighted by Gasteiger charge is 2.21. The minimum atomic E-state index is -3.59. The first-order chi connectivity index (χ1) is 9.97. The van der Waals surface area contributed by atoms with Crippen LogP contribution in [0.2, 0.25) is 5.02 Å². The number of halogens is 1. The van der Waals surface area contributed by atoms with E-state index in [1.807, 2.05) is 4.57 Å². The minimum Gasteiger partial charge on any atom is -0.314 e. The Morgan fingerprint density at radius 3 is 2.95 bits per heavy atom. The third-order valence-electron chi connectivity index (χ3n) is 3.53. The molecule has 0 bridgehead atoms. The summed E-state index contributed by atoms with van der Waals surface area (Å²) in [6, 6.07) is 4.71. The van der Waals surface area contributed by atoms with Crippen LogP contribution in [-0.4, -0.2) is 23.2 Å². The summed E-state index contributed by atoms with van der Waals surface area (Å²) < 4.78 is 29.2. The van der Waals surface area contributed by atoms with Crippen molar-refractivity contribution >= 4 is 21.6 Å². The van der Waals surface area contributed by atoms with Gasteiger partial charge in [0.15, 0.2) is 0 Å². The molecule has 1 aromatic carbocycles. The van der Waals surface area contributed by atoms with E-state index in [1.54, 1.807) is 19.1 Å². The maximum Gasteiger partial charge on any atom is 0.241 e. The molecule has 2 heterocycles. The molecule has 0 amide bonds. The number of hydrogen-bond acceptors (Lipinski definition) is 4. The van der Waals surface area contributed by atoms with Crippen LogP contribution in [-0.2, 0) is 29.5 Å². The van der Waals surface area contributed by atoms with Gasteiger partial charge in [0.25, 0.3) is 0 Å². The van der Waals surface area contributed by atoms with Crippen molar-refractivity contribution in [2.45, 2.75) is 37.8 Å². The number of nitrogens with one attached hydrogen (secondary N) is 1. The summed E-state index contributed by atoms with van der Waals surface area (Å²) in [6.07, 6.45) is 1.93. The first-order valence-corrected chi connectivity index (χ1v) is 8.50. The van der Waals surface area contributed by atoms with Crippen LogP contribution in [0.3, 0.4) is 0 Å². The average molecular weight is 327 g/mol. The fourth-order valence-electron chi connectivity index (χ4n) is 2.49. The zero-order valence-corrected chi connectivity index (χ0v) is 13.1. The summed E-state index contributed by atoms with van der Waals surface area (Å²) in [4.78, 5) is 0.230. The van der Waals surface area contributed by atoms with Gasteiger partial charge in [-0.05, 0) is 37.1 Å². The largest absolute Gasteiger partial charge is 0.314 e. The summed E-state index contributed by atoms with van der Waals surface area (Å²) >= 11 is 5.85. The van der Waals surface area contributed by atoms with Gasteiger partial charge in [0.2, 0.25) is 10.0 Å². The van der Waals surface area contributed by atoms with Gasteiger partial charge in [0, 0.05) is 18.0 Å². The molecular weight excluding hydrogens is 312 g/mol. The fraction of sp³-hybridized carbons (Fsp3) is 0.385. The van der Waals surface area contributed by atoms with Crippen LogP contribution in [0, 0.1) is 6.92 Å². The van der Waals surface area contributed by atoms with Crippen molar-refractivity contribution < 1.29 is 8.42 Å². The van der Waals surface area contributed by atoms with E-state index >= 15 is 0 Å². The summed E-state index contributed by atoms with van der Waals surface area (Å²) in [5.74, 6) is 1.57. The summed E-state index contributed by atoms with van der Waals surface area (Å²) in [5, 5.41) is 8.61. The molecule has 1 aliphatic heterocycles. The lowest BCUT2D eigenvalue weighted by Crippen LogP contribution is -2.25. The second-order valence-electron chi connectivity index (χ2n) is 5.02. The molecule has 0 spiro atoms. The molecule has 0 radical (unpaired) electrons. The van der Waals surface area contributed by atoms with Crippen LogP contribution >= 0.6 is 11.6 Å². The molecule has 1 aliphatic rings. The second kappa shape index (κ2) is 5.40. The van der Waals surface area contributed by atoms with E-state index in [2.05, 4.69) is 14.9 Å². The molecule has 21 heavy (non-hydrogen) atoms. The van der Waals surface area contributed by atoms with Crippen molar-refractivity contribution in [3.63, 3.8) is 0 Å². The van der Waals surface area contributed by atoms with Gasteiger partial charge in [0.1, 0.15) is 11.6 Å². The molecule has 0 fully saturated rings. The molecule has 0 atom stereocenters. The Hall–Kier alpha value is -1.44. The lowest BCUT2D eigenvalue weighted by atomic mass is 10.2. The molecule has 1 N–H and O–H groups in total. The number of benzene rings is 1. The lowest BCUT2D eigenvalue weighted by Gasteiger charge is -2.09. The first-order valence-electron chi connectivity index (χ1n) is 6.64. The third-order valence-corrected chi connectivity index (χ3v) is 5.33. The summed E-state index contributed by atoms with van der Waals surface area (Å²) in [7, 11) is -3.59. The van der Waals surface area contributed by atoms with E-state index in [-0.39, 0.29) is 11.4 Å². The van der Waals surface area contributed by atoms with E-state index < -0.39 is 10.0 Å². The van der Waals surface area contributed by atoms with Crippen LogP contribution in [0.4, 0.5) is 0 Å². The molecule has 3 rings (SSSR count). The number of rotatable bonds is 4. The Morgan fingerprint density at radius 1 is 1.38 bits per heavy atom. The predicted octanol–water partition coefficient (Wildman–Crippen LogP) is 1.66. The molecule has 0 unspecified atom stereocenters. The first kappa shape index (κ1) is 14.5. The van der Waals surface area contributed by atoms with E-state index in [0.29, 0.717) is 16.4 Å². The summed E-state index contributed by atoms with van der Waals surface area (Å²) in [6.45, 7) is 2.70. The molecule has 112 valence electrons. The average Bonchev–Trinajstić information content (AvgIpc) is 2.98. The molecule has 0 saturated carbocycles. The van der Waals surface area contributed by atoms with Gasteiger partial charge in [-0.15, -0.1) is 10.2 Å². The number of aromatic nitrogens is 3. The lowest BCUT2D eigenvalue weighted by molar-refractivity contribution is 0.574. The van der Waals surface area contributed by atoms with Crippen molar-refractivity contribution in [2.75, 3.05) is 0 Å². The van der Waals surface area contributed by atoms with Crippen molar-refractivity contribution in [1.29, 1.82) is 0 Å². The molecule has 0 aliphatic carbocycles. The van der Waals surface area contributed by atoms with Crippen molar-refractivity contribution in [3.05, 3.63) is 40.4 Å². The van der Waals surface area contributed by atoms with Crippen LogP contribution in [0.1, 0.15) is 23.6 Å². The van der Waals surface area contributed by atoms with Gasteiger partial charge in [-0.3, -0.25) is 0 Å². The minimum absolute atomic E-state index is 0.136. The molecule has 1 aromatic heterocycles. The zero-order valence-electron chi connectivity index (χ0n) is 11.5. The number of nitrogens with zero attached hydrogens (tertiary/aromatic N) is 3. The highest BCUT2D eigenvalue weighted by molar-refractivity contribution is 7.89. The Labute approximate surface area is 128 Å². The Kier molecular flexibility index (Phi) is 3.73. The second-order valence-corrected chi connectivity index (χ2v) is 7.19. The van der Waals surface area contributed by atoms with E-state index in [4.69, 9.17) is 11.6 Å². The van der Waals surface area contributed by atoms with Crippen LogP contribution in [0.15, 0.2) is 23.1 Å². The SMILES string of the molecule is Cc1cc(Cl)ccc1S(=O)(=O)NCc1nnc2n1CCC2. The van der Waals surface area contributed by atoms with Crippen LogP contribution in [0.5, 0.6) is 0 Å². The van der Waals surface area contributed by atoms with E-state index in [1.165, 1.54) is 6.07 Å². The maximum atomic E-state index is 12.3. The Balaban J connectivity index is 1.80. The smallest absolute Gasteiger partial charge is 0.241 e. The number of aryl methyl sites for hydroxylation is 2. The molecular formula is C13H15ClN4O2S. The fourth-order valence-corrected chi connectivity index (χ4v) is 3.92.